The summed E-state index contributed by atoms with van der Waals surface area (Å²) in [4.78, 5) is 33.3. The Balaban J connectivity index is 2.68. The van der Waals surface area contributed by atoms with Crippen LogP contribution in [0.15, 0.2) is 0 Å². The van der Waals surface area contributed by atoms with Crippen LogP contribution in [0.5, 0.6) is 0 Å². The van der Waals surface area contributed by atoms with Crippen LogP contribution in [0.3, 0.4) is 0 Å². The van der Waals surface area contributed by atoms with Gasteiger partial charge < -0.3 is 26.2 Å². The first-order valence-electron chi connectivity index (χ1n) is 5.62. The number of hydrogen-bond donors (Lipinski definition) is 5. The van der Waals surface area contributed by atoms with Gasteiger partial charge in [-0.05, 0) is 12.8 Å². The number of carbonyl (C=O) groups is 3. The normalized spacial score (nSPS) is 21.9. The van der Waals surface area contributed by atoms with Crippen molar-refractivity contribution in [2.45, 2.75) is 25.0 Å². The van der Waals surface area contributed by atoms with Gasteiger partial charge >= 0.3 is 6.09 Å². The van der Waals surface area contributed by atoms with E-state index in [1.807, 2.05) is 0 Å². The lowest BCUT2D eigenvalue weighted by atomic mass is 9.95. The highest BCUT2D eigenvalue weighted by Crippen LogP contribution is 2.17. The molecule has 0 bridgehead atoms. The number of aliphatic hydroxyl groups is 1. The molecule has 0 radical (unpaired) electrons. The fraction of sp³-hybridized carbons (Fsp3) is 0.700. The van der Waals surface area contributed by atoms with Crippen molar-refractivity contribution in [1.82, 2.24) is 16.0 Å². The molecule has 0 aromatic carbocycles. The number of amides is 3. The molecule has 2 unspecified atom stereocenters. The molecule has 8 heteroatoms. The number of rotatable bonds is 5. The molecule has 18 heavy (non-hydrogen) atoms. The van der Waals surface area contributed by atoms with Crippen molar-refractivity contribution in [3.8, 4) is 0 Å². The highest BCUT2D eigenvalue weighted by atomic mass is 16.4. The maximum Gasteiger partial charge on any atom is 0.404 e. The van der Waals surface area contributed by atoms with Crippen molar-refractivity contribution in [3.05, 3.63) is 0 Å². The second-order valence-electron chi connectivity index (χ2n) is 4.13. The molecule has 0 aromatic rings. The van der Waals surface area contributed by atoms with Gasteiger partial charge in [-0.2, -0.15) is 0 Å². The summed E-state index contributed by atoms with van der Waals surface area (Å²) < 4.78 is 0. The van der Waals surface area contributed by atoms with E-state index in [1.54, 1.807) is 0 Å². The standard InChI is InChI=1S/C10H17N3O5/c1-11-9(16)7(14)6(13-10(17)18)4-5-2-3-12-8(5)15/h5-7,13-14H,2-4H2,1H3,(H,11,16)(H,12,15)(H,17,18)/t5?,6-,7?/m0/s1. The maximum absolute atomic E-state index is 11.4. The third-order valence-electron chi connectivity index (χ3n) is 2.91. The van der Waals surface area contributed by atoms with Gasteiger partial charge in [-0.1, -0.05) is 0 Å². The summed E-state index contributed by atoms with van der Waals surface area (Å²) >= 11 is 0. The van der Waals surface area contributed by atoms with E-state index in [2.05, 4.69) is 16.0 Å². The molecule has 0 saturated carbocycles. The summed E-state index contributed by atoms with van der Waals surface area (Å²) in [7, 11) is 1.34. The predicted octanol–water partition coefficient (Wildman–Crippen LogP) is -1.74. The van der Waals surface area contributed by atoms with E-state index in [0.717, 1.165) is 0 Å². The number of hydrogen-bond acceptors (Lipinski definition) is 4. The molecule has 0 aromatic heterocycles. The fourth-order valence-corrected chi connectivity index (χ4v) is 1.93. The van der Waals surface area contributed by atoms with Crippen molar-refractivity contribution >= 4 is 17.9 Å². The van der Waals surface area contributed by atoms with Crippen LogP contribution >= 0.6 is 0 Å². The molecule has 3 amide bonds. The molecule has 1 rings (SSSR count). The van der Waals surface area contributed by atoms with E-state index in [1.165, 1.54) is 7.05 Å². The van der Waals surface area contributed by atoms with Crippen LogP contribution in [-0.4, -0.2) is 53.9 Å². The van der Waals surface area contributed by atoms with E-state index < -0.39 is 24.1 Å². The van der Waals surface area contributed by atoms with Gasteiger partial charge in [-0.25, -0.2) is 4.79 Å². The molecule has 1 aliphatic heterocycles. The molecule has 8 nitrogen and oxygen atoms in total. The van der Waals surface area contributed by atoms with Crippen molar-refractivity contribution in [3.63, 3.8) is 0 Å². The van der Waals surface area contributed by atoms with Crippen LogP contribution < -0.4 is 16.0 Å². The number of carboxylic acid groups (broad SMARTS) is 1. The van der Waals surface area contributed by atoms with Gasteiger partial charge in [-0.15, -0.1) is 0 Å². The number of carbonyl (C=O) groups excluding carboxylic acids is 2. The van der Waals surface area contributed by atoms with E-state index >= 15 is 0 Å². The van der Waals surface area contributed by atoms with Crippen LogP contribution in [0.1, 0.15) is 12.8 Å². The van der Waals surface area contributed by atoms with Crippen molar-refractivity contribution in [2.75, 3.05) is 13.6 Å². The molecular weight excluding hydrogens is 242 g/mol. The molecule has 1 saturated heterocycles. The van der Waals surface area contributed by atoms with Gasteiger partial charge in [0.2, 0.25) is 5.91 Å². The number of aliphatic hydroxyl groups excluding tert-OH is 1. The first-order chi connectivity index (χ1) is 8.45. The van der Waals surface area contributed by atoms with E-state index in [4.69, 9.17) is 5.11 Å². The monoisotopic (exact) mass is 259 g/mol. The molecule has 1 heterocycles. The fourth-order valence-electron chi connectivity index (χ4n) is 1.93. The zero-order valence-corrected chi connectivity index (χ0v) is 9.97. The summed E-state index contributed by atoms with van der Waals surface area (Å²) in [5, 5.41) is 25.3. The summed E-state index contributed by atoms with van der Waals surface area (Å²) in [6.45, 7) is 0.527. The first kappa shape index (κ1) is 14.2. The topological polar surface area (TPSA) is 128 Å². The Bertz CT molecular complexity index is 346. The number of nitrogens with one attached hydrogen (secondary N) is 3. The highest BCUT2D eigenvalue weighted by molar-refractivity contribution is 5.83. The van der Waals surface area contributed by atoms with Crippen LogP contribution in [0, 0.1) is 5.92 Å². The van der Waals surface area contributed by atoms with Gasteiger partial charge in [-0.3, -0.25) is 9.59 Å². The van der Waals surface area contributed by atoms with Crippen LogP contribution in [0.25, 0.3) is 0 Å². The third kappa shape index (κ3) is 3.59. The third-order valence-corrected chi connectivity index (χ3v) is 2.91. The lowest BCUT2D eigenvalue weighted by molar-refractivity contribution is -0.131. The van der Waals surface area contributed by atoms with Gasteiger partial charge in [0.15, 0.2) is 6.10 Å². The second kappa shape index (κ2) is 6.20. The zero-order valence-electron chi connectivity index (χ0n) is 9.97. The van der Waals surface area contributed by atoms with E-state index in [-0.39, 0.29) is 18.2 Å². The summed E-state index contributed by atoms with van der Waals surface area (Å²) in [5.41, 5.74) is 0. The Morgan fingerprint density at radius 1 is 1.56 bits per heavy atom. The first-order valence-corrected chi connectivity index (χ1v) is 5.62. The van der Waals surface area contributed by atoms with Gasteiger partial charge in [0.1, 0.15) is 0 Å². The lowest BCUT2D eigenvalue weighted by Gasteiger charge is -2.23. The van der Waals surface area contributed by atoms with Crippen LogP contribution in [-0.2, 0) is 9.59 Å². The minimum absolute atomic E-state index is 0.0900. The highest BCUT2D eigenvalue weighted by Gasteiger charge is 2.33. The zero-order chi connectivity index (χ0) is 13.7. The Labute approximate surface area is 104 Å². The molecule has 5 N–H and O–H groups in total. The molecule has 102 valence electrons. The average molecular weight is 259 g/mol. The number of likely N-dealkylation sites (N-methyl/N-ethyl adjacent to an activating group) is 1. The van der Waals surface area contributed by atoms with Crippen LogP contribution in [0.2, 0.25) is 0 Å². The minimum atomic E-state index is -1.51. The summed E-state index contributed by atoms with van der Waals surface area (Å²) in [6.07, 6.45) is -2.20. The molecule has 1 fully saturated rings. The van der Waals surface area contributed by atoms with Gasteiger partial charge in [0, 0.05) is 19.5 Å². The van der Waals surface area contributed by atoms with Crippen molar-refractivity contribution < 1.29 is 24.6 Å². The van der Waals surface area contributed by atoms with E-state index in [9.17, 15) is 19.5 Å². The van der Waals surface area contributed by atoms with Crippen molar-refractivity contribution in [2.24, 2.45) is 5.92 Å². The van der Waals surface area contributed by atoms with Gasteiger partial charge in [0.05, 0.1) is 6.04 Å². The Kier molecular flexibility index (Phi) is 4.90. The molecule has 0 spiro atoms. The summed E-state index contributed by atoms with van der Waals surface area (Å²) in [5.74, 6) is -1.26. The summed E-state index contributed by atoms with van der Waals surface area (Å²) in [6, 6.07) is -1.00. The van der Waals surface area contributed by atoms with E-state index in [0.29, 0.717) is 13.0 Å². The lowest BCUT2D eigenvalue weighted by Crippen LogP contribution is -2.50. The average Bonchev–Trinajstić information content (AvgIpc) is 2.71. The van der Waals surface area contributed by atoms with Crippen LogP contribution in [0.4, 0.5) is 4.79 Å². The Morgan fingerprint density at radius 2 is 2.22 bits per heavy atom. The molecule has 3 atom stereocenters. The predicted molar refractivity (Wildman–Crippen MR) is 60.8 cm³/mol. The second-order valence-corrected chi connectivity index (χ2v) is 4.13. The quantitative estimate of drug-likeness (QED) is 0.400. The largest absolute Gasteiger partial charge is 0.465 e. The van der Waals surface area contributed by atoms with Gasteiger partial charge in [0.25, 0.3) is 5.91 Å². The minimum Gasteiger partial charge on any atom is -0.465 e. The molecule has 0 aliphatic carbocycles. The SMILES string of the molecule is CNC(=O)C(O)[C@H](CC1CCNC1=O)NC(=O)O. The Morgan fingerprint density at radius 3 is 2.67 bits per heavy atom. The smallest absolute Gasteiger partial charge is 0.404 e. The molecular formula is C10H17N3O5. The Hall–Kier alpha value is -1.83. The molecule has 1 aliphatic rings. The maximum atomic E-state index is 11.4. The van der Waals surface area contributed by atoms with Crippen molar-refractivity contribution in [1.29, 1.82) is 0 Å².